The Hall–Kier alpha value is -2.95. The van der Waals surface area contributed by atoms with Crippen molar-refractivity contribution in [3.8, 4) is 5.69 Å². The molecule has 0 atom stereocenters. The molecule has 0 aliphatic rings. The first-order valence-electron chi connectivity index (χ1n) is 6.91. The van der Waals surface area contributed by atoms with Crippen LogP contribution in [0.2, 0.25) is 0 Å². The molecular weight excluding hydrogens is 278 g/mol. The van der Waals surface area contributed by atoms with E-state index in [2.05, 4.69) is 6.58 Å². The third-order valence-corrected chi connectivity index (χ3v) is 3.59. The molecule has 22 heavy (non-hydrogen) atoms. The van der Waals surface area contributed by atoms with Crippen LogP contribution in [0.1, 0.15) is 6.92 Å². The van der Waals surface area contributed by atoms with E-state index in [4.69, 9.17) is 0 Å². The first-order chi connectivity index (χ1) is 10.5. The van der Waals surface area contributed by atoms with Crippen molar-refractivity contribution in [2.75, 3.05) is 7.05 Å². The van der Waals surface area contributed by atoms with Crippen LogP contribution in [-0.2, 0) is 0 Å². The van der Waals surface area contributed by atoms with Crippen LogP contribution in [-0.4, -0.2) is 20.9 Å². The van der Waals surface area contributed by atoms with E-state index >= 15 is 0 Å². The van der Waals surface area contributed by atoms with Crippen molar-refractivity contribution >= 4 is 22.4 Å². The molecule has 110 valence electrons. The molecule has 0 saturated heterocycles. The summed E-state index contributed by atoms with van der Waals surface area (Å²) in [5.41, 5.74) is 2.90. The molecule has 0 amide bonds. The molecule has 5 nitrogen and oxygen atoms in total. The Labute approximate surface area is 127 Å². The minimum Gasteiger partial charge on any atom is -0.265 e. The maximum absolute atomic E-state index is 12.8. The lowest BCUT2D eigenvalue weighted by atomic mass is 10.2. The summed E-state index contributed by atoms with van der Waals surface area (Å²) < 4.78 is 3.86. The number of para-hydroxylation sites is 4. The molecule has 3 rings (SSSR count). The van der Waals surface area contributed by atoms with Crippen LogP contribution in [0.4, 0.5) is 5.69 Å². The van der Waals surface area contributed by atoms with E-state index in [-0.39, 0.29) is 5.69 Å². The number of hydrogen-bond acceptors (Lipinski definition) is 2. The van der Waals surface area contributed by atoms with Crippen molar-refractivity contribution in [3.05, 3.63) is 70.5 Å². The Morgan fingerprint density at radius 1 is 1.05 bits per heavy atom. The molecule has 1 aromatic heterocycles. The zero-order valence-corrected chi connectivity index (χ0v) is 12.5. The molecule has 3 aromatic rings. The molecular formula is C17H16N3O2+. The van der Waals surface area contributed by atoms with Crippen LogP contribution in [0.15, 0.2) is 59.9 Å². The Morgan fingerprint density at radius 3 is 2.27 bits per heavy atom. The fraction of sp³-hybridized carbons (Fsp3) is 0.118. The topological polar surface area (TPSA) is 47.0 Å². The highest BCUT2D eigenvalue weighted by Crippen LogP contribution is 2.25. The molecule has 1 heterocycles. The fourth-order valence-electron chi connectivity index (χ4n) is 2.67. The van der Waals surface area contributed by atoms with Crippen LogP contribution < -0.4 is 5.69 Å². The standard InChI is InChI=1S/C17H16N3O2/c1-12(2)19-15-10-6-7-11-16(15)20(17(19)21)14-9-5-4-8-13(14)18(3)22/h4-11H,1H2,2-3H3/q+1. The highest BCUT2D eigenvalue weighted by Gasteiger charge is 2.21. The number of nitroso groups, excluding NO2 is 1. The Morgan fingerprint density at radius 2 is 1.64 bits per heavy atom. The quantitative estimate of drug-likeness (QED) is 0.696. The zero-order valence-electron chi connectivity index (χ0n) is 12.5. The largest absolute Gasteiger partial charge is 0.338 e. The number of rotatable bonds is 3. The van der Waals surface area contributed by atoms with E-state index in [1.54, 1.807) is 34.3 Å². The summed E-state index contributed by atoms with van der Waals surface area (Å²) in [4.78, 5) is 24.7. The van der Waals surface area contributed by atoms with Crippen molar-refractivity contribution in [2.24, 2.45) is 0 Å². The van der Waals surface area contributed by atoms with Gasteiger partial charge in [-0.2, -0.15) is 0 Å². The average molecular weight is 294 g/mol. The average Bonchev–Trinajstić information content (AvgIpc) is 2.79. The van der Waals surface area contributed by atoms with Crippen molar-refractivity contribution in [1.82, 2.24) is 9.13 Å². The van der Waals surface area contributed by atoms with E-state index in [0.29, 0.717) is 17.1 Å². The molecule has 0 radical (unpaired) electrons. The van der Waals surface area contributed by atoms with Crippen LogP contribution in [0.5, 0.6) is 0 Å². The molecule has 5 heteroatoms. The van der Waals surface area contributed by atoms with E-state index in [1.807, 2.05) is 30.3 Å². The molecule has 0 aliphatic heterocycles. The lowest BCUT2D eigenvalue weighted by molar-refractivity contribution is -0.428. The number of nitrogens with zero attached hydrogens (tertiary/aromatic N) is 3. The normalized spacial score (nSPS) is 10.8. The van der Waals surface area contributed by atoms with Gasteiger partial charge >= 0.3 is 5.69 Å². The van der Waals surface area contributed by atoms with Gasteiger partial charge in [-0.3, -0.25) is 9.13 Å². The molecule has 0 unspecified atom stereocenters. The maximum Gasteiger partial charge on any atom is 0.338 e. The highest BCUT2D eigenvalue weighted by atomic mass is 16.3. The first-order valence-corrected chi connectivity index (χ1v) is 6.91. The van der Waals surface area contributed by atoms with Gasteiger partial charge in [0.05, 0.1) is 11.0 Å². The van der Waals surface area contributed by atoms with E-state index in [9.17, 15) is 9.70 Å². The summed E-state index contributed by atoms with van der Waals surface area (Å²) in [6.45, 7) is 5.66. The van der Waals surface area contributed by atoms with Gasteiger partial charge in [0.2, 0.25) is 0 Å². The monoisotopic (exact) mass is 294 g/mol. The van der Waals surface area contributed by atoms with Gasteiger partial charge in [0.25, 0.3) is 5.69 Å². The highest BCUT2D eigenvalue weighted by molar-refractivity contribution is 5.82. The SMILES string of the molecule is C=C(C)n1c(=O)n(-c2ccccc2[N+](C)=O)c2ccccc21. The minimum atomic E-state index is -0.233. The van der Waals surface area contributed by atoms with E-state index in [1.165, 1.54) is 7.05 Å². The molecule has 0 aliphatic carbocycles. The maximum atomic E-state index is 12.8. The fourth-order valence-corrected chi connectivity index (χ4v) is 2.67. The first kappa shape index (κ1) is 14.0. The molecule has 2 aromatic carbocycles. The second kappa shape index (κ2) is 5.11. The Balaban J connectivity index is 2.48. The molecule has 0 saturated carbocycles. The van der Waals surface area contributed by atoms with Crippen LogP contribution in [0, 0.1) is 4.91 Å². The van der Waals surface area contributed by atoms with Crippen molar-refractivity contribution < 1.29 is 4.76 Å². The molecule has 0 spiro atoms. The summed E-state index contributed by atoms with van der Waals surface area (Å²) in [5.74, 6) is 0. The number of aromatic nitrogens is 2. The van der Waals surface area contributed by atoms with Crippen LogP contribution in [0.25, 0.3) is 22.4 Å². The van der Waals surface area contributed by atoms with Crippen molar-refractivity contribution in [2.45, 2.75) is 6.92 Å². The molecule has 0 fully saturated rings. The third kappa shape index (κ3) is 1.98. The predicted octanol–water partition coefficient (Wildman–Crippen LogP) is 3.32. The Kier molecular flexibility index (Phi) is 3.25. The third-order valence-electron chi connectivity index (χ3n) is 3.59. The number of benzene rings is 2. The van der Waals surface area contributed by atoms with Crippen LogP contribution >= 0.6 is 0 Å². The summed E-state index contributed by atoms with van der Waals surface area (Å²) >= 11 is 0. The number of hydrogen-bond donors (Lipinski definition) is 0. The molecule has 0 N–H and O–H groups in total. The second-order valence-corrected chi connectivity index (χ2v) is 5.16. The van der Waals surface area contributed by atoms with Crippen molar-refractivity contribution in [3.63, 3.8) is 0 Å². The van der Waals surface area contributed by atoms with Crippen LogP contribution in [0.3, 0.4) is 0 Å². The number of imidazole rings is 1. The van der Waals surface area contributed by atoms with Gasteiger partial charge in [-0.25, -0.2) is 4.79 Å². The Bertz CT molecular complexity index is 963. The van der Waals surface area contributed by atoms with Gasteiger partial charge in [-0.15, -0.1) is 0 Å². The van der Waals surface area contributed by atoms with Gasteiger partial charge in [0, 0.05) is 21.4 Å². The minimum absolute atomic E-state index is 0.233. The smallest absolute Gasteiger partial charge is 0.265 e. The van der Waals surface area contributed by atoms with Gasteiger partial charge in [-0.1, -0.05) is 30.8 Å². The van der Waals surface area contributed by atoms with E-state index in [0.717, 1.165) is 15.8 Å². The summed E-state index contributed by atoms with van der Waals surface area (Å²) in [6, 6.07) is 14.5. The van der Waals surface area contributed by atoms with Gasteiger partial charge < -0.3 is 0 Å². The lowest BCUT2D eigenvalue weighted by Gasteiger charge is -2.03. The lowest BCUT2D eigenvalue weighted by Crippen LogP contribution is -2.22. The van der Waals surface area contributed by atoms with Gasteiger partial charge in [-0.05, 0) is 25.1 Å². The summed E-state index contributed by atoms with van der Waals surface area (Å²) in [7, 11) is 1.42. The number of fused-ring (bicyclic) bond motifs is 1. The van der Waals surface area contributed by atoms with Gasteiger partial charge in [0.1, 0.15) is 5.69 Å². The summed E-state index contributed by atoms with van der Waals surface area (Å²) in [6.07, 6.45) is 0. The van der Waals surface area contributed by atoms with E-state index < -0.39 is 0 Å². The number of allylic oxidation sites excluding steroid dienone is 1. The van der Waals surface area contributed by atoms with Gasteiger partial charge in [0.15, 0.2) is 7.05 Å². The second-order valence-electron chi connectivity index (χ2n) is 5.16. The molecule has 0 bridgehead atoms. The predicted molar refractivity (Wildman–Crippen MR) is 87.8 cm³/mol. The zero-order chi connectivity index (χ0) is 15.9. The summed E-state index contributed by atoms with van der Waals surface area (Å²) in [5, 5.41) is 0. The van der Waals surface area contributed by atoms with Crippen molar-refractivity contribution in [1.29, 1.82) is 0 Å².